The lowest BCUT2D eigenvalue weighted by Crippen LogP contribution is -2.28. The van der Waals surface area contributed by atoms with Gasteiger partial charge in [0, 0.05) is 18.7 Å². The van der Waals surface area contributed by atoms with Crippen LogP contribution in [0.4, 0.5) is 8.78 Å². The molecule has 2 N–H and O–H groups in total. The molecular formula is C22H19F2N3O2. The molecule has 0 saturated heterocycles. The summed E-state index contributed by atoms with van der Waals surface area (Å²) in [6.07, 6.45) is 0.537. The van der Waals surface area contributed by atoms with Crippen LogP contribution in [-0.4, -0.2) is 23.3 Å². The van der Waals surface area contributed by atoms with Gasteiger partial charge in [0.25, 0.3) is 11.8 Å². The standard InChI is InChI=1S/C22H19F2N3O2/c23-17-10-8-15(9-11-17)12-13-25-21(28)19-6-3-7-20(27-19)22(29)26-14-16-4-1-2-5-18(16)24/h1-11H,12-14H2,(H,25,28)(H,26,29). The molecule has 0 aliphatic heterocycles. The zero-order valence-corrected chi connectivity index (χ0v) is 15.5. The zero-order chi connectivity index (χ0) is 20.6. The molecule has 0 fully saturated rings. The van der Waals surface area contributed by atoms with Crippen LogP contribution in [0.25, 0.3) is 0 Å². The van der Waals surface area contributed by atoms with Crippen molar-refractivity contribution in [1.82, 2.24) is 15.6 Å². The summed E-state index contributed by atoms with van der Waals surface area (Å²) in [5.74, 6) is -1.65. The van der Waals surface area contributed by atoms with Crippen LogP contribution in [0.5, 0.6) is 0 Å². The monoisotopic (exact) mass is 395 g/mol. The summed E-state index contributed by atoms with van der Waals surface area (Å²) < 4.78 is 26.5. The first-order valence-electron chi connectivity index (χ1n) is 9.04. The van der Waals surface area contributed by atoms with Crippen LogP contribution >= 0.6 is 0 Å². The normalized spacial score (nSPS) is 10.4. The molecule has 29 heavy (non-hydrogen) atoms. The molecule has 5 nitrogen and oxygen atoms in total. The lowest BCUT2D eigenvalue weighted by molar-refractivity contribution is 0.0942. The molecule has 148 valence electrons. The second kappa shape index (κ2) is 9.54. The summed E-state index contributed by atoms with van der Waals surface area (Å²) in [5, 5.41) is 5.30. The van der Waals surface area contributed by atoms with Crippen LogP contribution in [0.2, 0.25) is 0 Å². The van der Waals surface area contributed by atoms with Crippen molar-refractivity contribution >= 4 is 11.8 Å². The van der Waals surface area contributed by atoms with E-state index in [-0.39, 0.29) is 23.7 Å². The number of benzene rings is 2. The lowest BCUT2D eigenvalue weighted by atomic mass is 10.1. The Balaban J connectivity index is 1.55. The van der Waals surface area contributed by atoms with Crippen molar-refractivity contribution < 1.29 is 18.4 Å². The first-order chi connectivity index (χ1) is 14.0. The Kier molecular flexibility index (Phi) is 6.63. The molecule has 0 aliphatic carbocycles. The SMILES string of the molecule is O=C(NCCc1ccc(F)cc1)c1cccc(C(=O)NCc2ccccc2F)n1. The van der Waals surface area contributed by atoms with E-state index in [1.165, 1.54) is 30.3 Å². The smallest absolute Gasteiger partial charge is 0.270 e. The van der Waals surface area contributed by atoms with Gasteiger partial charge in [-0.15, -0.1) is 0 Å². The molecule has 2 amide bonds. The highest BCUT2D eigenvalue weighted by Crippen LogP contribution is 2.07. The molecule has 3 rings (SSSR count). The number of hydrogen-bond donors (Lipinski definition) is 2. The average molecular weight is 395 g/mol. The van der Waals surface area contributed by atoms with Crippen LogP contribution < -0.4 is 10.6 Å². The van der Waals surface area contributed by atoms with Gasteiger partial charge in [0.05, 0.1) is 0 Å². The number of pyridine rings is 1. The van der Waals surface area contributed by atoms with Crippen LogP contribution in [0.15, 0.2) is 66.7 Å². The van der Waals surface area contributed by atoms with Gasteiger partial charge in [-0.2, -0.15) is 0 Å². The second-order valence-electron chi connectivity index (χ2n) is 6.31. The van der Waals surface area contributed by atoms with Gasteiger partial charge < -0.3 is 10.6 Å². The van der Waals surface area contributed by atoms with E-state index in [1.54, 1.807) is 36.4 Å². The highest BCUT2D eigenvalue weighted by Gasteiger charge is 2.12. The van der Waals surface area contributed by atoms with E-state index in [1.807, 2.05) is 0 Å². The summed E-state index contributed by atoms with van der Waals surface area (Å²) in [4.78, 5) is 28.6. The van der Waals surface area contributed by atoms with Gasteiger partial charge in [-0.3, -0.25) is 9.59 Å². The van der Waals surface area contributed by atoms with E-state index in [0.29, 0.717) is 18.5 Å². The van der Waals surface area contributed by atoms with Crippen LogP contribution in [0.1, 0.15) is 32.1 Å². The molecule has 3 aromatic rings. The predicted octanol–water partition coefficient (Wildman–Crippen LogP) is 3.26. The molecule has 0 radical (unpaired) electrons. The summed E-state index contributed by atoms with van der Waals surface area (Å²) in [7, 11) is 0. The molecule has 0 atom stereocenters. The van der Waals surface area contributed by atoms with E-state index < -0.39 is 17.6 Å². The van der Waals surface area contributed by atoms with Gasteiger partial charge in [0.1, 0.15) is 23.0 Å². The summed E-state index contributed by atoms with van der Waals surface area (Å²) in [6.45, 7) is 0.358. The minimum atomic E-state index is -0.505. The lowest BCUT2D eigenvalue weighted by Gasteiger charge is -2.08. The molecule has 0 saturated carbocycles. The fourth-order valence-electron chi connectivity index (χ4n) is 2.66. The molecule has 0 bridgehead atoms. The fourth-order valence-corrected chi connectivity index (χ4v) is 2.66. The Hall–Kier alpha value is -3.61. The molecule has 0 aliphatic rings. The highest BCUT2D eigenvalue weighted by molar-refractivity contribution is 5.96. The Morgan fingerprint density at radius 3 is 2.14 bits per heavy atom. The van der Waals surface area contributed by atoms with Gasteiger partial charge >= 0.3 is 0 Å². The second-order valence-corrected chi connectivity index (χ2v) is 6.31. The van der Waals surface area contributed by atoms with Crippen molar-refractivity contribution in [3.8, 4) is 0 Å². The largest absolute Gasteiger partial charge is 0.350 e. The summed E-state index contributed by atoms with van der Waals surface area (Å²) >= 11 is 0. The van der Waals surface area contributed by atoms with E-state index >= 15 is 0 Å². The number of hydrogen-bond acceptors (Lipinski definition) is 3. The van der Waals surface area contributed by atoms with Gasteiger partial charge in [-0.05, 0) is 42.3 Å². The Bertz CT molecular complexity index is 1010. The number of nitrogens with one attached hydrogen (secondary N) is 2. The van der Waals surface area contributed by atoms with E-state index in [2.05, 4.69) is 15.6 Å². The summed E-state index contributed by atoms with van der Waals surface area (Å²) in [5.41, 5.74) is 1.41. The topological polar surface area (TPSA) is 71.1 Å². The third kappa shape index (κ3) is 5.68. The highest BCUT2D eigenvalue weighted by atomic mass is 19.1. The number of carbonyl (C=O) groups is 2. The van der Waals surface area contributed by atoms with Gasteiger partial charge in [0.2, 0.25) is 0 Å². The number of aromatic nitrogens is 1. The number of rotatable bonds is 7. The van der Waals surface area contributed by atoms with Crippen molar-refractivity contribution in [2.75, 3.05) is 6.54 Å². The number of amides is 2. The Morgan fingerprint density at radius 1 is 0.793 bits per heavy atom. The number of nitrogens with zero attached hydrogens (tertiary/aromatic N) is 1. The minimum absolute atomic E-state index is 0.0152. The van der Waals surface area contributed by atoms with Gasteiger partial charge in [-0.25, -0.2) is 13.8 Å². The van der Waals surface area contributed by atoms with Crippen LogP contribution in [-0.2, 0) is 13.0 Å². The predicted molar refractivity (Wildman–Crippen MR) is 104 cm³/mol. The molecule has 1 heterocycles. The first-order valence-corrected chi connectivity index (χ1v) is 9.04. The zero-order valence-electron chi connectivity index (χ0n) is 15.5. The van der Waals surface area contributed by atoms with Crippen molar-refractivity contribution in [3.63, 3.8) is 0 Å². The van der Waals surface area contributed by atoms with E-state index in [0.717, 1.165) is 5.56 Å². The summed E-state index contributed by atoms with van der Waals surface area (Å²) in [6, 6.07) is 16.7. The van der Waals surface area contributed by atoms with Crippen LogP contribution in [0, 0.1) is 11.6 Å². The average Bonchev–Trinajstić information content (AvgIpc) is 2.74. The van der Waals surface area contributed by atoms with Crippen molar-refractivity contribution in [2.45, 2.75) is 13.0 Å². The number of carbonyl (C=O) groups excluding carboxylic acids is 2. The Labute approximate surface area is 166 Å². The molecular weight excluding hydrogens is 376 g/mol. The third-order valence-electron chi connectivity index (χ3n) is 4.22. The maximum Gasteiger partial charge on any atom is 0.270 e. The molecule has 7 heteroatoms. The van der Waals surface area contributed by atoms with Crippen molar-refractivity contribution in [1.29, 1.82) is 0 Å². The quantitative estimate of drug-likeness (QED) is 0.645. The van der Waals surface area contributed by atoms with Gasteiger partial charge in [0.15, 0.2) is 0 Å². The Morgan fingerprint density at radius 2 is 1.45 bits per heavy atom. The maximum atomic E-state index is 13.6. The fraction of sp³-hybridized carbons (Fsp3) is 0.136. The van der Waals surface area contributed by atoms with Crippen LogP contribution in [0.3, 0.4) is 0 Å². The van der Waals surface area contributed by atoms with E-state index in [4.69, 9.17) is 0 Å². The maximum absolute atomic E-state index is 13.6. The van der Waals surface area contributed by atoms with E-state index in [9.17, 15) is 18.4 Å². The minimum Gasteiger partial charge on any atom is -0.350 e. The molecule has 0 spiro atoms. The number of halogens is 2. The first kappa shape index (κ1) is 20.1. The van der Waals surface area contributed by atoms with Gasteiger partial charge in [-0.1, -0.05) is 36.4 Å². The molecule has 0 unspecified atom stereocenters. The van der Waals surface area contributed by atoms with Crippen molar-refractivity contribution in [3.05, 3.63) is 101 Å². The molecule has 1 aromatic heterocycles. The third-order valence-corrected chi connectivity index (χ3v) is 4.22. The molecule has 2 aromatic carbocycles. The van der Waals surface area contributed by atoms with Crippen molar-refractivity contribution in [2.24, 2.45) is 0 Å².